The van der Waals surface area contributed by atoms with Crippen molar-refractivity contribution >= 4 is 0 Å². The Morgan fingerprint density at radius 1 is 1.50 bits per heavy atom. The maximum atomic E-state index is 10.4. The smallest absolute Gasteiger partial charge is 0.174 e. The van der Waals surface area contributed by atoms with E-state index in [1.807, 2.05) is 32.1 Å². The topological polar surface area (TPSA) is 29.5 Å². The number of aliphatic hydroxyl groups is 1. The van der Waals surface area contributed by atoms with E-state index < -0.39 is 5.79 Å². The Balaban J connectivity index is 3.04. The first-order chi connectivity index (χ1) is 6.50. The molecule has 3 atom stereocenters. The normalized spacial score (nSPS) is 35.6. The van der Waals surface area contributed by atoms with E-state index in [2.05, 4.69) is 13.0 Å². The highest BCUT2D eigenvalue weighted by Crippen LogP contribution is 2.44. The molecular weight excluding hydrogens is 176 g/mol. The fraction of sp³-hybridized carbons (Fsp3) is 0.667. The van der Waals surface area contributed by atoms with Gasteiger partial charge in [0.15, 0.2) is 5.79 Å². The van der Waals surface area contributed by atoms with Crippen LogP contribution in [-0.4, -0.2) is 18.0 Å². The van der Waals surface area contributed by atoms with Crippen LogP contribution in [0.2, 0.25) is 0 Å². The summed E-state index contributed by atoms with van der Waals surface area (Å²) in [5, 5.41) is 10.4. The number of hydrogen-bond donors (Lipinski definition) is 1. The molecule has 0 aromatic rings. The van der Waals surface area contributed by atoms with Crippen LogP contribution in [0.3, 0.4) is 0 Å². The minimum Gasteiger partial charge on any atom is -0.365 e. The average Bonchev–Trinajstić information content (AvgIpc) is 2.21. The summed E-state index contributed by atoms with van der Waals surface area (Å²) >= 11 is 0. The second kappa shape index (κ2) is 3.87. The molecule has 2 heteroatoms. The van der Waals surface area contributed by atoms with Crippen LogP contribution in [0.25, 0.3) is 0 Å². The molecule has 0 spiro atoms. The van der Waals surface area contributed by atoms with E-state index >= 15 is 0 Å². The third-order valence-electron chi connectivity index (χ3n) is 3.56. The SMILES string of the molecule is CCC(O)(OC)C1(C)C=CC=CC1C. The lowest BCUT2D eigenvalue weighted by molar-refractivity contribution is -0.252. The van der Waals surface area contributed by atoms with Gasteiger partial charge in [-0.05, 0) is 12.3 Å². The summed E-state index contributed by atoms with van der Waals surface area (Å²) in [6.45, 7) is 6.07. The van der Waals surface area contributed by atoms with Crippen molar-refractivity contribution in [3.63, 3.8) is 0 Å². The van der Waals surface area contributed by atoms with Gasteiger partial charge in [-0.3, -0.25) is 0 Å². The van der Waals surface area contributed by atoms with Crippen molar-refractivity contribution in [1.82, 2.24) is 0 Å². The van der Waals surface area contributed by atoms with Gasteiger partial charge in [-0.1, -0.05) is 45.1 Å². The van der Waals surface area contributed by atoms with Crippen LogP contribution < -0.4 is 0 Å². The van der Waals surface area contributed by atoms with Crippen LogP contribution in [0.15, 0.2) is 24.3 Å². The van der Waals surface area contributed by atoms with Gasteiger partial charge in [0.1, 0.15) is 0 Å². The number of rotatable bonds is 3. The Morgan fingerprint density at radius 2 is 2.14 bits per heavy atom. The van der Waals surface area contributed by atoms with Gasteiger partial charge in [0.05, 0.1) is 0 Å². The first kappa shape index (κ1) is 11.5. The molecule has 14 heavy (non-hydrogen) atoms. The predicted molar refractivity (Wildman–Crippen MR) is 57.8 cm³/mol. The van der Waals surface area contributed by atoms with Gasteiger partial charge < -0.3 is 9.84 Å². The lowest BCUT2D eigenvalue weighted by Crippen LogP contribution is -2.50. The van der Waals surface area contributed by atoms with Crippen molar-refractivity contribution in [3.05, 3.63) is 24.3 Å². The summed E-state index contributed by atoms with van der Waals surface area (Å²) in [5.41, 5.74) is -0.342. The van der Waals surface area contributed by atoms with Crippen molar-refractivity contribution in [3.8, 4) is 0 Å². The van der Waals surface area contributed by atoms with Crippen LogP contribution in [-0.2, 0) is 4.74 Å². The largest absolute Gasteiger partial charge is 0.365 e. The summed E-state index contributed by atoms with van der Waals surface area (Å²) < 4.78 is 5.27. The zero-order valence-corrected chi connectivity index (χ0v) is 9.45. The summed E-state index contributed by atoms with van der Waals surface area (Å²) in [6.07, 6.45) is 8.70. The molecule has 0 aliphatic heterocycles. The molecule has 1 aliphatic carbocycles. The molecule has 2 nitrogen and oxygen atoms in total. The molecule has 0 fully saturated rings. The summed E-state index contributed by atoms with van der Waals surface area (Å²) in [4.78, 5) is 0. The molecule has 0 amide bonds. The molecule has 80 valence electrons. The van der Waals surface area contributed by atoms with E-state index in [9.17, 15) is 5.11 Å². The predicted octanol–water partition coefficient (Wildman–Crippen LogP) is 2.50. The average molecular weight is 196 g/mol. The molecule has 0 heterocycles. The minimum atomic E-state index is -1.08. The molecule has 1 aliphatic rings. The molecule has 0 bridgehead atoms. The summed E-state index contributed by atoms with van der Waals surface area (Å²) in [7, 11) is 1.56. The van der Waals surface area contributed by atoms with Crippen LogP contribution in [0, 0.1) is 11.3 Å². The van der Waals surface area contributed by atoms with Gasteiger partial charge in [-0.15, -0.1) is 0 Å². The van der Waals surface area contributed by atoms with E-state index in [0.29, 0.717) is 6.42 Å². The third kappa shape index (κ3) is 1.53. The van der Waals surface area contributed by atoms with Crippen LogP contribution in [0.4, 0.5) is 0 Å². The number of allylic oxidation sites excluding steroid dienone is 3. The van der Waals surface area contributed by atoms with Gasteiger partial charge >= 0.3 is 0 Å². The van der Waals surface area contributed by atoms with Crippen LogP contribution >= 0.6 is 0 Å². The first-order valence-corrected chi connectivity index (χ1v) is 5.13. The molecule has 0 saturated carbocycles. The standard InChI is InChI=1S/C12H20O2/c1-5-12(13,14-4)11(3)9-7-6-8-10(11)2/h6-10,13H,5H2,1-4H3. The summed E-state index contributed by atoms with van der Waals surface area (Å²) in [5.74, 6) is -0.800. The Morgan fingerprint density at radius 3 is 2.57 bits per heavy atom. The maximum Gasteiger partial charge on any atom is 0.174 e. The second-order valence-electron chi connectivity index (χ2n) is 4.16. The fourth-order valence-corrected chi connectivity index (χ4v) is 2.07. The van der Waals surface area contributed by atoms with Gasteiger partial charge in [-0.2, -0.15) is 0 Å². The van der Waals surface area contributed by atoms with E-state index in [-0.39, 0.29) is 11.3 Å². The van der Waals surface area contributed by atoms with Gasteiger partial charge in [-0.25, -0.2) is 0 Å². The molecule has 0 aromatic heterocycles. The lowest BCUT2D eigenvalue weighted by Gasteiger charge is -2.45. The van der Waals surface area contributed by atoms with Crippen LogP contribution in [0.1, 0.15) is 27.2 Å². The molecular formula is C12H20O2. The van der Waals surface area contributed by atoms with Crippen molar-refractivity contribution in [1.29, 1.82) is 0 Å². The Kier molecular flexibility index (Phi) is 3.17. The first-order valence-electron chi connectivity index (χ1n) is 5.13. The molecule has 0 radical (unpaired) electrons. The Hall–Kier alpha value is -0.600. The molecule has 1 N–H and O–H groups in total. The van der Waals surface area contributed by atoms with Crippen molar-refractivity contribution in [2.75, 3.05) is 7.11 Å². The summed E-state index contributed by atoms with van der Waals surface area (Å²) in [6, 6.07) is 0. The Labute approximate surface area is 86.3 Å². The van der Waals surface area contributed by atoms with E-state index in [1.165, 1.54) is 0 Å². The van der Waals surface area contributed by atoms with Gasteiger partial charge in [0.2, 0.25) is 0 Å². The van der Waals surface area contributed by atoms with Crippen molar-refractivity contribution in [2.45, 2.75) is 33.0 Å². The number of methoxy groups -OCH3 is 1. The third-order valence-corrected chi connectivity index (χ3v) is 3.56. The Bertz CT molecular complexity index is 251. The van der Waals surface area contributed by atoms with Crippen molar-refractivity contribution < 1.29 is 9.84 Å². The van der Waals surface area contributed by atoms with E-state index in [4.69, 9.17) is 4.74 Å². The maximum absolute atomic E-state index is 10.4. The molecule has 0 saturated heterocycles. The van der Waals surface area contributed by atoms with E-state index in [0.717, 1.165) is 0 Å². The highest BCUT2D eigenvalue weighted by Gasteiger charge is 2.47. The molecule has 0 aromatic carbocycles. The lowest BCUT2D eigenvalue weighted by atomic mass is 9.68. The number of hydrogen-bond acceptors (Lipinski definition) is 2. The fourth-order valence-electron chi connectivity index (χ4n) is 2.07. The zero-order chi connectivity index (χ0) is 10.8. The van der Waals surface area contributed by atoms with Crippen molar-refractivity contribution in [2.24, 2.45) is 11.3 Å². The van der Waals surface area contributed by atoms with E-state index in [1.54, 1.807) is 7.11 Å². The highest BCUT2D eigenvalue weighted by molar-refractivity contribution is 5.21. The van der Waals surface area contributed by atoms with Gasteiger partial charge in [0.25, 0.3) is 0 Å². The molecule has 3 unspecified atom stereocenters. The highest BCUT2D eigenvalue weighted by atomic mass is 16.6. The number of ether oxygens (including phenoxy) is 1. The van der Waals surface area contributed by atoms with Crippen LogP contribution in [0.5, 0.6) is 0 Å². The zero-order valence-electron chi connectivity index (χ0n) is 9.45. The molecule has 1 rings (SSSR count). The minimum absolute atomic E-state index is 0.275. The second-order valence-corrected chi connectivity index (χ2v) is 4.16. The quantitative estimate of drug-likeness (QED) is 0.703. The van der Waals surface area contributed by atoms with Gasteiger partial charge in [0, 0.05) is 12.5 Å². The monoisotopic (exact) mass is 196 g/mol.